The minimum absolute atomic E-state index is 0.314. The van der Waals surface area contributed by atoms with Gasteiger partial charge in [0.2, 0.25) is 5.60 Å². The van der Waals surface area contributed by atoms with Crippen LogP contribution >= 0.6 is 11.6 Å². The molecule has 0 bridgehead atoms. The number of nitrogens with zero attached hydrogens (tertiary/aromatic N) is 2. The molecule has 5 nitrogen and oxygen atoms in total. The van der Waals surface area contributed by atoms with Gasteiger partial charge in [0.15, 0.2) is 6.40 Å². The number of halogens is 1. The third kappa shape index (κ3) is 2.28. The lowest BCUT2D eigenvalue weighted by molar-refractivity contribution is -0.143. The second-order valence-corrected chi connectivity index (χ2v) is 8.22. The largest absolute Gasteiger partial charge is 0.457 e. The smallest absolute Gasteiger partial charge is 0.283 e. The number of carbonyl (C=O) groups is 2. The molecule has 0 aromatic heterocycles. The molecule has 0 fully saturated rings. The van der Waals surface area contributed by atoms with E-state index in [4.69, 9.17) is 16.3 Å². The summed E-state index contributed by atoms with van der Waals surface area (Å²) >= 11 is 6.35. The first-order valence-electron chi connectivity index (χ1n) is 8.65. The van der Waals surface area contributed by atoms with Crippen LogP contribution in [0.25, 0.3) is 0 Å². The minimum Gasteiger partial charge on any atom is -0.457 e. The highest BCUT2D eigenvalue weighted by atomic mass is 35.5. The van der Waals surface area contributed by atoms with Crippen molar-refractivity contribution in [3.63, 3.8) is 0 Å². The first-order valence-corrected chi connectivity index (χ1v) is 9.03. The molecule has 2 aromatic rings. The lowest BCUT2D eigenvalue weighted by Crippen LogP contribution is -2.56. The molecule has 27 heavy (non-hydrogen) atoms. The second kappa shape index (κ2) is 5.67. The van der Waals surface area contributed by atoms with Crippen LogP contribution < -0.4 is 0 Å². The predicted molar refractivity (Wildman–Crippen MR) is 104 cm³/mol. The SMILES string of the molecule is CN1C(=O)c2cccc(C(C)(C)C)c2C2(OC=Nc3c(Cl)cccc32)C1=O. The van der Waals surface area contributed by atoms with Crippen LogP contribution in [0.4, 0.5) is 5.69 Å². The molecule has 0 saturated carbocycles. The molecule has 2 amide bonds. The fourth-order valence-electron chi connectivity index (χ4n) is 3.86. The molecule has 0 radical (unpaired) electrons. The fourth-order valence-corrected chi connectivity index (χ4v) is 4.09. The van der Waals surface area contributed by atoms with Crippen LogP contribution in [-0.4, -0.2) is 30.2 Å². The average Bonchev–Trinajstić information content (AvgIpc) is 2.64. The summed E-state index contributed by atoms with van der Waals surface area (Å²) < 4.78 is 5.99. The number of aliphatic imine (C=N–C) groups is 1. The van der Waals surface area contributed by atoms with E-state index in [0.29, 0.717) is 27.4 Å². The van der Waals surface area contributed by atoms with Gasteiger partial charge in [-0.25, -0.2) is 4.99 Å². The molecule has 0 N–H and O–H groups in total. The summed E-state index contributed by atoms with van der Waals surface area (Å²) in [5.41, 5.74) is 1.10. The Bertz CT molecular complexity index is 1020. The summed E-state index contributed by atoms with van der Waals surface area (Å²) in [6, 6.07) is 10.8. The number of amides is 2. The van der Waals surface area contributed by atoms with Gasteiger partial charge >= 0.3 is 0 Å². The Kier molecular flexibility index (Phi) is 3.72. The number of benzene rings is 2. The monoisotopic (exact) mass is 382 g/mol. The number of carbonyl (C=O) groups excluding carboxylic acids is 2. The van der Waals surface area contributed by atoms with Gasteiger partial charge in [0.05, 0.1) is 10.7 Å². The number of hydrogen-bond donors (Lipinski definition) is 0. The minimum atomic E-state index is -1.50. The molecule has 138 valence electrons. The molecule has 2 aliphatic rings. The van der Waals surface area contributed by atoms with Gasteiger partial charge in [0.25, 0.3) is 11.8 Å². The highest BCUT2D eigenvalue weighted by Crippen LogP contribution is 2.50. The van der Waals surface area contributed by atoms with Crippen molar-refractivity contribution in [2.24, 2.45) is 4.99 Å². The van der Waals surface area contributed by atoms with Crippen molar-refractivity contribution in [3.8, 4) is 0 Å². The van der Waals surface area contributed by atoms with E-state index in [-0.39, 0.29) is 11.3 Å². The first kappa shape index (κ1) is 17.7. The van der Waals surface area contributed by atoms with Gasteiger partial charge < -0.3 is 4.74 Å². The van der Waals surface area contributed by atoms with Crippen LogP contribution in [-0.2, 0) is 20.5 Å². The van der Waals surface area contributed by atoms with Crippen LogP contribution in [0.5, 0.6) is 0 Å². The predicted octanol–water partition coefficient (Wildman–Crippen LogP) is 4.18. The van der Waals surface area contributed by atoms with Crippen molar-refractivity contribution in [3.05, 3.63) is 63.7 Å². The van der Waals surface area contributed by atoms with Crippen molar-refractivity contribution < 1.29 is 14.3 Å². The van der Waals surface area contributed by atoms with Gasteiger partial charge in [-0.15, -0.1) is 0 Å². The maximum absolute atomic E-state index is 13.5. The summed E-state index contributed by atoms with van der Waals surface area (Å²) in [7, 11) is 1.47. The van der Waals surface area contributed by atoms with Gasteiger partial charge in [0, 0.05) is 23.7 Å². The standard InChI is InChI=1S/C21H19ClN2O3/c1-20(2,3)13-8-5-7-12-16(13)21(19(26)24(4)18(12)25)14-9-6-10-15(22)17(14)23-11-27-21/h5-11H,1-4H3. The van der Waals surface area contributed by atoms with Crippen LogP contribution in [0.2, 0.25) is 5.02 Å². The zero-order valence-electron chi connectivity index (χ0n) is 15.5. The summed E-state index contributed by atoms with van der Waals surface area (Å²) in [6.07, 6.45) is 1.25. The van der Waals surface area contributed by atoms with Crippen LogP contribution in [0.3, 0.4) is 0 Å². The zero-order chi connectivity index (χ0) is 19.6. The van der Waals surface area contributed by atoms with Gasteiger partial charge in [-0.2, -0.15) is 0 Å². The van der Waals surface area contributed by atoms with E-state index in [0.717, 1.165) is 10.5 Å². The number of imide groups is 1. The number of rotatable bonds is 0. The highest BCUT2D eigenvalue weighted by molar-refractivity contribution is 6.33. The quantitative estimate of drug-likeness (QED) is 0.642. The molecule has 4 rings (SSSR count). The highest BCUT2D eigenvalue weighted by Gasteiger charge is 2.56. The number of likely N-dealkylation sites (N-methyl/N-ethyl adjacent to an activating group) is 1. The second-order valence-electron chi connectivity index (χ2n) is 7.82. The molecule has 2 heterocycles. The number of fused-ring (bicyclic) bond motifs is 4. The molecule has 1 atom stereocenters. The Morgan fingerprint density at radius 3 is 2.52 bits per heavy atom. The Morgan fingerprint density at radius 2 is 1.81 bits per heavy atom. The third-order valence-corrected chi connectivity index (χ3v) is 5.45. The van der Waals surface area contributed by atoms with Crippen LogP contribution in [0, 0.1) is 0 Å². The number of ether oxygens (including phenoxy) is 1. The van der Waals surface area contributed by atoms with Crippen molar-refractivity contribution in [1.82, 2.24) is 4.90 Å². The van der Waals surface area contributed by atoms with E-state index in [2.05, 4.69) is 4.99 Å². The van der Waals surface area contributed by atoms with E-state index in [9.17, 15) is 9.59 Å². The summed E-state index contributed by atoms with van der Waals surface area (Å²) in [5.74, 6) is -0.798. The normalized spacial score (nSPS) is 21.1. The van der Waals surface area contributed by atoms with Crippen LogP contribution in [0.1, 0.15) is 47.8 Å². The zero-order valence-corrected chi connectivity index (χ0v) is 16.3. The van der Waals surface area contributed by atoms with Gasteiger partial charge in [-0.1, -0.05) is 56.6 Å². The molecule has 6 heteroatoms. The van der Waals surface area contributed by atoms with E-state index in [1.54, 1.807) is 24.3 Å². The Balaban J connectivity index is 2.18. The van der Waals surface area contributed by atoms with Crippen molar-refractivity contribution >= 4 is 35.5 Å². The Labute approximate surface area is 162 Å². The third-order valence-electron chi connectivity index (χ3n) is 5.14. The van der Waals surface area contributed by atoms with Gasteiger partial charge in [-0.05, 0) is 23.1 Å². The van der Waals surface area contributed by atoms with Gasteiger partial charge in [-0.3, -0.25) is 14.5 Å². The molecule has 2 aromatic carbocycles. The van der Waals surface area contributed by atoms with Crippen molar-refractivity contribution in [2.45, 2.75) is 31.8 Å². The topological polar surface area (TPSA) is 59.0 Å². The lowest BCUT2D eigenvalue weighted by Gasteiger charge is -2.44. The fraction of sp³-hybridized carbons (Fsp3) is 0.286. The van der Waals surface area contributed by atoms with E-state index in [1.165, 1.54) is 13.4 Å². The summed E-state index contributed by atoms with van der Waals surface area (Å²) in [6.45, 7) is 6.12. The molecule has 0 saturated heterocycles. The van der Waals surface area contributed by atoms with Crippen molar-refractivity contribution in [1.29, 1.82) is 0 Å². The molecule has 0 aliphatic carbocycles. The van der Waals surface area contributed by atoms with E-state index in [1.807, 2.05) is 32.9 Å². The average molecular weight is 383 g/mol. The molecular formula is C21H19ClN2O3. The first-order chi connectivity index (χ1) is 12.7. The van der Waals surface area contributed by atoms with Gasteiger partial charge in [0.1, 0.15) is 0 Å². The molecule has 2 aliphatic heterocycles. The van der Waals surface area contributed by atoms with E-state index >= 15 is 0 Å². The Hall–Kier alpha value is -2.66. The summed E-state index contributed by atoms with van der Waals surface area (Å²) in [4.78, 5) is 31.8. The van der Waals surface area contributed by atoms with E-state index < -0.39 is 11.5 Å². The van der Waals surface area contributed by atoms with Crippen molar-refractivity contribution in [2.75, 3.05) is 7.05 Å². The molecule has 1 spiro atoms. The number of hydrogen-bond acceptors (Lipinski definition) is 4. The maximum Gasteiger partial charge on any atom is 0.283 e. The molecule has 1 unspecified atom stereocenters. The lowest BCUT2D eigenvalue weighted by atomic mass is 9.71. The maximum atomic E-state index is 13.5. The Morgan fingerprint density at radius 1 is 1.11 bits per heavy atom. The number of para-hydroxylation sites is 1. The summed E-state index contributed by atoms with van der Waals surface area (Å²) in [5, 5.41) is 0.425. The van der Waals surface area contributed by atoms with Crippen LogP contribution in [0.15, 0.2) is 41.4 Å². The molecular weight excluding hydrogens is 364 g/mol.